The molecule has 0 bridgehead atoms. The summed E-state index contributed by atoms with van der Waals surface area (Å²) in [4.78, 5) is 27.8. The maximum absolute atomic E-state index is 12.4. The second-order valence-corrected chi connectivity index (χ2v) is 5.76. The number of alkyl halides is 2. The molecule has 0 spiro atoms. The number of hydrogen-bond donors (Lipinski definition) is 2. The molecule has 0 saturated carbocycles. The summed E-state index contributed by atoms with van der Waals surface area (Å²) in [7, 11) is 0. The van der Waals surface area contributed by atoms with Crippen LogP contribution in [0.25, 0.3) is 0 Å². The normalized spacial score (nSPS) is 10.6. The Labute approximate surface area is 155 Å². The second-order valence-electron chi connectivity index (χ2n) is 5.76. The number of hydrogen-bond acceptors (Lipinski definition) is 4. The van der Waals surface area contributed by atoms with E-state index in [2.05, 4.69) is 15.6 Å². The Balaban J connectivity index is 2.02. The van der Waals surface area contributed by atoms with Crippen molar-refractivity contribution < 1.29 is 23.1 Å². The molecule has 0 unspecified atom stereocenters. The molecule has 144 valence electrons. The van der Waals surface area contributed by atoms with E-state index >= 15 is 0 Å². The van der Waals surface area contributed by atoms with Gasteiger partial charge in [0.1, 0.15) is 18.2 Å². The first-order valence-electron chi connectivity index (χ1n) is 8.44. The highest BCUT2D eigenvalue weighted by Crippen LogP contribution is 2.22. The van der Waals surface area contributed by atoms with Crippen LogP contribution in [0.4, 0.5) is 14.6 Å². The van der Waals surface area contributed by atoms with Crippen LogP contribution in [-0.2, 0) is 11.3 Å². The average molecular weight is 377 g/mol. The van der Waals surface area contributed by atoms with E-state index in [0.717, 1.165) is 5.56 Å². The van der Waals surface area contributed by atoms with Crippen LogP contribution in [0, 0.1) is 6.92 Å². The molecular formula is C19H21F2N3O3. The molecule has 0 atom stereocenters. The smallest absolute Gasteiger partial charge is 0.272 e. The SMILES string of the molecule is CCC(=O)Nc1cc(C(=O)NCc2cccc(OCC(F)F)c2C)ccn1. The minimum absolute atomic E-state index is 0.198. The van der Waals surface area contributed by atoms with Gasteiger partial charge in [-0.15, -0.1) is 0 Å². The lowest BCUT2D eigenvalue weighted by Gasteiger charge is -2.13. The third-order valence-electron chi connectivity index (χ3n) is 3.81. The zero-order chi connectivity index (χ0) is 19.8. The van der Waals surface area contributed by atoms with Gasteiger partial charge in [0.2, 0.25) is 5.91 Å². The Morgan fingerprint density at radius 3 is 2.74 bits per heavy atom. The van der Waals surface area contributed by atoms with Gasteiger partial charge in [-0.1, -0.05) is 19.1 Å². The average Bonchev–Trinajstić information content (AvgIpc) is 2.66. The van der Waals surface area contributed by atoms with Crippen molar-refractivity contribution in [2.24, 2.45) is 0 Å². The first-order valence-corrected chi connectivity index (χ1v) is 8.44. The largest absolute Gasteiger partial charge is 0.487 e. The van der Waals surface area contributed by atoms with E-state index in [-0.39, 0.29) is 18.4 Å². The molecule has 2 aromatic rings. The van der Waals surface area contributed by atoms with Crippen LogP contribution in [0.15, 0.2) is 36.5 Å². The van der Waals surface area contributed by atoms with Crippen molar-refractivity contribution >= 4 is 17.6 Å². The van der Waals surface area contributed by atoms with Crippen molar-refractivity contribution in [1.29, 1.82) is 0 Å². The summed E-state index contributed by atoms with van der Waals surface area (Å²) in [6.07, 6.45) is -0.812. The maximum Gasteiger partial charge on any atom is 0.272 e. The van der Waals surface area contributed by atoms with E-state index in [4.69, 9.17) is 4.74 Å². The summed E-state index contributed by atoms with van der Waals surface area (Å²) in [5.74, 6) is 0.114. The van der Waals surface area contributed by atoms with E-state index in [9.17, 15) is 18.4 Å². The number of carbonyl (C=O) groups excluding carboxylic acids is 2. The topological polar surface area (TPSA) is 80.3 Å². The van der Waals surface area contributed by atoms with Gasteiger partial charge in [-0.05, 0) is 36.2 Å². The second kappa shape index (κ2) is 9.61. The summed E-state index contributed by atoms with van der Waals surface area (Å²) in [6.45, 7) is 2.98. The molecule has 1 aromatic heterocycles. The highest BCUT2D eigenvalue weighted by atomic mass is 19.3. The van der Waals surface area contributed by atoms with Crippen molar-refractivity contribution in [1.82, 2.24) is 10.3 Å². The Morgan fingerprint density at radius 1 is 1.26 bits per heavy atom. The number of benzene rings is 1. The van der Waals surface area contributed by atoms with Gasteiger partial charge in [0.15, 0.2) is 0 Å². The Kier molecular flexibility index (Phi) is 7.22. The molecule has 0 radical (unpaired) electrons. The van der Waals surface area contributed by atoms with Crippen LogP contribution in [0.3, 0.4) is 0 Å². The van der Waals surface area contributed by atoms with Gasteiger partial charge in [0, 0.05) is 24.7 Å². The minimum atomic E-state index is -2.55. The number of rotatable bonds is 8. The predicted molar refractivity (Wildman–Crippen MR) is 97.0 cm³/mol. The zero-order valence-corrected chi connectivity index (χ0v) is 15.1. The molecule has 2 amide bonds. The molecule has 1 heterocycles. The highest BCUT2D eigenvalue weighted by molar-refractivity contribution is 5.96. The van der Waals surface area contributed by atoms with E-state index in [1.165, 1.54) is 18.3 Å². The molecule has 2 N–H and O–H groups in total. The summed E-state index contributed by atoms with van der Waals surface area (Å²) in [6, 6.07) is 8.09. The van der Waals surface area contributed by atoms with Crippen LogP contribution in [0.2, 0.25) is 0 Å². The number of halogens is 2. The predicted octanol–water partition coefficient (Wildman–Crippen LogP) is 3.31. The zero-order valence-electron chi connectivity index (χ0n) is 15.1. The van der Waals surface area contributed by atoms with Crippen molar-refractivity contribution in [3.63, 3.8) is 0 Å². The fraction of sp³-hybridized carbons (Fsp3) is 0.316. The quantitative estimate of drug-likeness (QED) is 0.740. The first kappa shape index (κ1) is 20.3. The summed E-state index contributed by atoms with van der Waals surface area (Å²) >= 11 is 0. The molecule has 27 heavy (non-hydrogen) atoms. The van der Waals surface area contributed by atoms with Gasteiger partial charge in [-0.25, -0.2) is 13.8 Å². The molecule has 1 aromatic carbocycles. The summed E-state index contributed by atoms with van der Waals surface area (Å²) < 4.78 is 29.7. The molecule has 8 heteroatoms. The van der Waals surface area contributed by atoms with E-state index in [1.54, 1.807) is 32.0 Å². The number of pyridine rings is 1. The highest BCUT2D eigenvalue weighted by Gasteiger charge is 2.11. The fourth-order valence-electron chi connectivity index (χ4n) is 2.31. The number of nitrogens with one attached hydrogen (secondary N) is 2. The van der Waals surface area contributed by atoms with E-state index in [1.807, 2.05) is 0 Å². The van der Waals surface area contributed by atoms with Crippen LogP contribution in [0.5, 0.6) is 5.75 Å². The first-order chi connectivity index (χ1) is 12.9. The van der Waals surface area contributed by atoms with Crippen molar-refractivity contribution in [3.8, 4) is 5.75 Å². The molecule has 2 rings (SSSR count). The van der Waals surface area contributed by atoms with Crippen LogP contribution in [0.1, 0.15) is 34.8 Å². The van der Waals surface area contributed by atoms with Crippen molar-refractivity contribution in [2.75, 3.05) is 11.9 Å². The molecule has 0 aliphatic rings. The van der Waals surface area contributed by atoms with Crippen LogP contribution >= 0.6 is 0 Å². The van der Waals surface area contributed by atoms with Gasteiger partial charge in [-0.3, -0.25) is 9.59 Å². The van der Waals surface area contributed by atoms with Crippen molar-refractivity contribution in [3.05, 3.63) is 53.2 Å². The molecule has 0 aliphatic carbocycles. The van der Waals surface area contributed by atoms with Gasteiger partial charge < -0.3 is 15.4 Å². The Morgan fingerprint density at radius 2 is 2.04 bits per heavy atom. The van der Waals surface area contributed by atoms with E-state index in [0.29, 0.717) is 29.1 Å². The number of anilines is 1. The minimum Gasteiger partial charge on any atom is -0.487 e. The lowest BCUT2D eigenvalue weighted by molar-refractivity contribution is -0.115. The standard InChI is InChI=1S/C19H21F2N3O3/c1-3-18(25)24-17-9-13(7-8-22-17)19(26)23-10-14-5-4-6-15(12(14)2)27-11-16(20)21/h4-9,16H,3,10-11H2,1-2H3,(H,23,26)(H,22,24,25). The van der Waals surface area contributed by atoms with Gasteiger partial charge >= 0.3 is 0 Å². The van der Waals surface area contributed by atoms with Crippen molar-refractivity contribution in [2.45, 2.75) is 33.2 Å². The number of amides is 2. The molecular weight excluding hydrogens is 356 g/mol. The Bertz CT molecular complexity index is 813. The molecule has 0 aliphatic heterocycles. The third kappa shape index (κ3) is 6.02. The summed E-state index contributed by atoms with van der Waals surface area (Å²) in [5, 5.41) is 5.35. The number of aromatic nitrogens is 1. The van der Waals surface area contributed by atoms with E-state index < -0.39 is 13.0 Å². The maximum atomic E-state index is 12.4. The van der Waals surface area contributed by atoms with Crippen LogP contribution in [-0.4, -0.2) is 29.8 Å². The van der Waals surface area contributed by atoms with Gasteiger partial charge in [0.05, 0.1) is 0 Å². The van der Waals surface area contributed by atoms with Gasteiger partial charge in [-0.2, -0.15) is 0 Å². The molecule has 0 saturated heterocycles. The number of ether oxygens (including phenoxy) is 1. The number of nitrogens with zero attached hydrogens (tertiary/aromatic N) is 1. The lowest BCUT2D eigenvalue weighted by atomic mass is 10.1. The summed E-state index contributed by atoms with van der Waals surface area (Å²) in [5.41, 5.74) is 1.78. The molecule has 6 nitrogen and oxygen atoms in total. The third-order valence-corrected chi connectivity index (χ3v) is 3.81. The number of carbonyl (C=O) groups is 2. The molecule has 0 fully saturated rings. The van der Waals surface area contributed by atoms with Gasteiger partial charge in [0.25, 0.3) is 12.3 Å². The monoisotopic (exact) mass is 377 g/mol. The Hall–Kier alpha value is -3.03. The van der Waals surface area contributed by atoms with Crippen LogP contribution < -0.4 is 15.4 Å². The fourth-order valence-corrected chi connectivity index (χ4v) is 2.31. The lowest BCUT2D eigenvalue weighted by Crippen LogP contribution is -2.23.